The molecule has 1 atom stereocenters. The van der Waals surface area contributed by atoms with Gasteiger partial charge in [0.15, 0.2) is 0 Å². The summed E-state index contributed by atoms with van der Waals surface area (Å²) >= 11 is 0. The molecular weight excluding hydrogens is 260 g/mol. The smallest absolute Gasteiger partial charge is 0.329 e. The number of para-hydroxylation sites is 1. The van der Waals surface area contributed by atoms with E-state index >= 15 is 0 Å². The molecule has 0 radical (unpaired) electrons. The lowest BCUT2D eigenvalue weighted by Gasteiger charge is -2.16. The fraction of sp³-hybridized carbons (Fsp3) is 0.357. The highest BCUT2D eigenvalue weighted by molar-refractivity contribution is 5.77. The number of hydrogen-bond donors (Lipinski definition) is 1. The van der Waals surface area contributed by atoms with Gasteiger partial charge in [-0.2, -0.15) is 0 Å². The van der Waals surface area contributed by atoms with Crippen molar-refractivity contribution >= 4 is 16.9 Å². The standard InChI is InChI=1S/C14H16N2O4/c1-3-9(8-12(17)20-2)16-13(18)10-6-4-5-7-11(10)15-14(16)19/h4-7,9H,3,8H2,1-2H3,(H,15,19). The summed E-state index contributed by atoms with van der Waals surface area (Å²) in [6.45, 7) is 1.81. The van der Waals surface area contributed by atoms with Crippen LogP contribution in [0, 0.1) is 0 Å². The van der Waals surface area contributed by atoms with Gasteiger partial charge in [0.05, 0.1) is 30.5 Å². The Balaban J connectivity index is 2.61. The molecule has 6 nitrogen and oxygen atoms in total. The first-order chi connectivity index (χ1) is 9.58. The molecule has 0 aliphatic heterocycles. The number of aromatic amines is 1. The van der Waals surface area contributed by atoms with Gasteiger partial charge in [-0.1, -0.05) is 19.1 Å². The van der Waals surface area contributed by atoms with Gasteiger partial charge in [0, 0.05) is 0 Å². The summed E-state index contributed by atoms with van der Waals surface area (Å²) in [7, 11) is 1.28. The van der Waals surface area contributed by atoms with Gasteiger partial charge in [0.1, 0.15) is 0 Å². The van der Waals surface area contributed by atoms with Crippen molar-refractivity contribution in [1.29, 1.82) is 0 Å². The van der Waals surface area contributed by atoms with Gasteiger partial charge in [0.25, 0.3) is 5.56 Å². The molecule has 0 aliphatic rings. The van der Waals surface area contributed by atoms with Crippen LogP contribution < -0.4 is 11.2 Å². The zero-order valence-electron chi connectivity index (χ0n) is 11.4. The molecular formula is C14H16N2O4. The predicted octanol–water partition coefficient (Wildman–Crippen LogP) is 1.20. The molecule has 0 aliphatic carbocycles. The minimum absolute atomic E-state index is 0.00563. The van der Waals surface area contributed by atoms with E-state index in [2.05, 4.69) is 9.72 Å². The van der Waals surface area contributed by atoms with Crippen molar-refractivity contribution in [2.45, 2.75) is 25.8 Å². The minimum Gasteiger partial charge on any atom is -0.469 e. The van der Waals surface area contributed by atoms with Crippen LogP contribution in [-0.2, 0) is 9.53 Å². The summed E-state index contributed by atoms with van der Waals surface area (Å²) in [5.41, 5.74) is -0.406. The highest BCUT2D eigenvalue weighted by atomic mass is 16.5. The quantitative estimate of drug-likeness (QED) is 0.851. The lowest BCUT2D eigenvalue weighted by atomic mass is 10.1. The molecule has 0 saturated carbocycles. The van der Waals surface area contributed by atoms with Crippen molar-refractivity contribution < 1.29 is 9.53 Å². The van der Waals surface area contributed by atoms with Gasteiger partial charge in [-0.05, 0) is 18.6 Å². The maximum atomic E-state index is 12.4. The van der Waals surface area contributed by atoms with Crippen molar-refractivity contribution in [3.63, 3.8) is 0 Å². The van der Waals surface area contributed by atoms with Gasteiger partial charge < -0.3 is 9.72 Å². The van der Waals surface area contributed by atoms with E-state index in [0.29, 0.717) is 17.3 Å². The summed E-state index contributed by atoms with van der Waals surface area (Å²) < 4.78 is 5.70. The van der Waals surface area contributed by atoms with Crippen LogP contribution in [0.3, 0.4) is 0 Å². The first-order valence-electron chi connectivity index (χ1n) is 6.38. The largest absolute Gasteiger partial charge is 0.469 e. The van der Waals surface area contributed by atoms with Crippen LogP contribution >= 0.6 is 0 Å². The highest BCUT2D eigenvalue weighted by Gasteiger charge is 2.19. The van der Waals surface area contributed by atoms with Crippen LogP contribution in [0.25, 0.3) is 10.9 Å². The Morgan fingerprint density at radius 3 is 2.70 bits per heavy atom. The number of hydrogen-bond acceptors (Lipinski definition) is 4. The van der Waals surface area contributed by atoms with E-state index in [1.165, 1.54) is 7.11 Å². The minimum atomic E-state index is -0.511. The van der Waals surface area contributed by atoms with Crippen molar-refractivity contribution in [1.82, 2.24) is 9.55 Å². The van der Waals surface area contributed by atoms with Crippen LogP contribution in [0.15, 0.2) is 33.9 Å². The Morgan fingerprint density at radius 2 is 2.05 bits per heavy atom. The molecule has 2 rings (SSSR count). The number of esters is 1. The van der Waals surface area contributed by atoms with Gasteiger partial charge in [-0.3, -0.25) is 14.2 Å². The number of nitrogens with one attached hydrogen (secondary N) is 1. The molecule has 0 bridgehead atoms. The summed E-state index contributed by atoms with van der Waals surface area (Å²) in [5.74, 6) is -0.448. The van der Waals surface area contributed by atoms with Crippen LogP contribution in [-0.4, -0.2) is 22.6 Å². The molecule has 0 saturated heterocycles. The Hall–Kier alpha value is -2.37. The number of methoxy groups -OCH3 is 1. The van der Waals surface area contributed by atoms with E-state index < -0.39 is 17.7 Å². The van der Waals surface area contributed by atoms with Crippen molar-refractivity contribution in [2.75, 3.05) is 7.11 Å². The Morgan fingerprint density at radius 1 is 1.35 bits per heavy atom. The Labute approximate surface area is 115 Å². The van der Waals surface area contributed by atoms with E-state index in [-0.39, 0.29) is 12.0 Å². The van der Waals surface area contributed by atoms with E-state index in [9.17, 15) is 14.4 Å². The molecule has 20 heavy (non-hydrogen) atoms. The summed E-state index contributed by atoms with van der Waals surface area (Å²) in [6, 6.07) is 6.28. The van der Waals surface area contributed by atoms with E-state index in [1.807, 2.05) is 6.92 Å². The van der Waals surface area contributed by atoms with Gasteiger partial charge >= 0.3 is 11.7 Å². The molecule has 1 aromatic carbocycles. The second-order valence-electron chi connectivity index (χ2n) is 4.49. The average Bonchev–Trinajstić information content (AvgIpc) is 2.45. The number of fused-ring (bicyclic) bond motifs is 1. The lowest BCUT2D eigenvalue weighted by Crippen LogP contribution is -2.38. The van der Waals surface area contributed by atoms with Crippen molar-refractivity contribution in [3.8, 4) is 0 Å². The number of nitrogens with zero attached hydrogens (tertiary/aromatic N) is 1. The molecule has 1 aromatic heterocycles. The van der Waals surface area contributed by atoms with Gasteiger partial charge in [-0.15, -0.1) is 0 Å². The Kier molecular flexibility index (Phi) is 4.02. The number of carbonyl (C=O) groups is 1. The fourth-order valence-electron chi connectivity index (χ4n) is 2.20. The van der Waals surface area contributed by atoms with Crippen LogP contribution in [0.4, 0.5) is 0 Å². The van der Waals surface area contributed by atoms with E-state index in [4.69, 9.17) is 0 Å². The van der Waals surface area contributed by atoms with Crippen LogP contribution in [0.1, 0.15) is 25.8 Å². The van der Waals surface area contributed by atoms with E-state index in [0.717, 1.165) is 4.57 Å². The van der Waals surface area contributed by atoms with Crippen molar-refractivity contribution in [3.05, 3.63) is 45.1 Å². The summed E-state index contributed by atoms with van der Waals surface area (Å²) in [6.07, 6.45) is 0.477. The van der Waals surface area contributed by atoms with E-state index in [1.54, 1.807) is 24.3 Å². The SMILES string of the molecule is CCC(CC(=O)OC)n1c(=O)[nH]c2ccccc2c1=O. The molecule has 0 amide bonds. The van der Waals surface area contributed by atoms with Gasteiger partial charge in [0.2, 0.25) is 0 Å². The first-order valence-corrected chi connectivity index (χ1v) is 6.38. The summed E-state index contributed by atoms with van der Waals surface area (Å²) in [5, 5.41) is 0.426. The third-order valence-electron chi connectivity index (χ3n) is 3.30. The van der Waals surface area contributed by atoms with Crippen LogP contribution in [0.5, 0.6) is 0 Å². The molecule has 0 spiro atoms. The highest BCUT2D eigenvalue weighted by Crippen LogP contribution is 2.13. The molecule has 6 heteroatoms. The second-order valence-corrected chi connectivity index (χ2v) is 4.49. The Bertz CT molecular complexity index is 745. The third kappa shape index (κ3) is 2.49. The zero-order chi connectivity index (χ0) is 14.7. The topological polar surface area (TPSA) is 81.2 Å². The number of aromatic nitrogens is 2. The average molecular weight is 276 g/mol. The maximum absolute atomic E-state index is 12.4. The molecule has 106 valence electrons. The molecule has 2 aromatic rings. The molecule has 0 fully saturated rings. The molecule has 1 heterocycles. The second kappa shape index (κ2) is 5.73. The third-order valence-corrected chi connectivity index (χ3v) is 3.30. The van der Waals surface area contributed by atoms with Crippen molar-refractivity contribution in [2.24, 2.45) is 0 Å². The predicted molar refractivity (Wildman–Crippen MR) is 74.8 cm³/mol. The number of ether oxygens (including phenoxy) is 1. The number of carbonyl (C=O) groups excluding carboxylic acids is 1. The fourth-order valence-corrected chi connectivity index (χ4v) is 2.20. The first kappa shape index (κ1) is 14.0. The molecule has 1 unspecified atom stereocenters. The normalized spacial score (nSPS) is 12.3. The summed E-state index contributed by atoms with van der Waals surface area (Å²) in [4.78, 5) is 38.5. The lowest BCUT2D eigenvalue weighted by molar-refractivity contribution is -0.141. The monoisotopic (exact) mass is 276 g/mol. The maximum Gasteiger partial charge on any atom is 0.329 e. The number of H-pyrrole nitrogens is 1. The number of rotatable bonds is 4. The van der Waals surface area contributed by atoms with Gasteiger partial charge in [-0.25, -0.2) is 4.79 Å². The zero-order valence-corrected chi connectivity index (χ0v) is 11.4. The van der Waals surface area contributed by atoms with Crippen LogP contribution in [0.2, 0.25) is 0 Å². The number of benzene rings is 1. The molecule has 1 N–H and O–H groups in total.